The molecule has 3 aromatic rings. The van der Waals surface area contributed by atoms with Gasteiger partial charge >= 0.3 is 5.97 Å². The Morgan fingerprint density at radius 3 is 2.33 bits per heavy atom. The average Bonchev–Trinajstić information content (AvgIpc) is 2.84. The molecular weight excluding hydrogens is 414 g/mol. The Bertz CT molecular complexity index is 1190. The van der Waals surface area contributed by atoms with Crippen molar-refractivity contribution in [3.05, 3.63) is 101 Å². The highest BCUT2D eigenvalue weighted by molar-refractivity contribution is 6.09. The number of esters is 1. The van der Waals surface area contributed by atoms with Gasteiger partial charge in [0.05, 0.1) is 6.61 Å². The predicted octanol–water partition coefficient (Wildman–Crippen LogP) is 5.92. The number of ketones is 1. The second-order valence-electron chi connectivity index (χ2n) is 7.51. The van der Waals surface area contributed by atoms with E-state index in [0.29, 0.717) is 34.6 Å². The lowest BCUT2D eigenvalue weighted by atomic mass is 10.0. The molecule has 0 amide bonds. The van der Waals surface area contributed by atoms with Crippen LogP contribution in [0.4, 0.5) is 0 Å². The maximum absolute atomic E-state index is 12.6. The molecule has 0 aliphatic carbocycles. The topological polar surface area (TPSA) is 76.4 Å². The SMILES string of the molecule is CCCCOc1ccc(C=C(C#N)C(=O)Oc2ccc(C(=O)c3ccccc3)cc2C)cc1. The van der Waals surface area contributed by atoms with Gasteiger partial charge in [-0.3, -0.25) is 4.79 Å². The molecule has 0 spiro atoms. The summed E-state index contributed by atoms with van der Waals surface area (Å²) in [6, 6.07) is 22.9. The summed E-state index contributed by atoms with van der Waals surface area (Å²) in [6.45, 7) is 4.49. The Kier molecular flexibility index (Phi) is 8.15. The quantitative estimate of drug-likeness (QED) is 0.103. The number of unbranched alkanes of at least 4 members (excludes halogenated alkanes) is 1. The third-order valence-electron chi connectivity index (χ3n) is 4.97. The smallest absolute Gasteiger partial charge is 0.354 e. The second kappa shape index (κ2) is 11.4. The molecule has 33 heavy (non-hydrogen) atoms. The van der Waals surface area contributed by atoms with Crippen molar-refractivity contribution < 1.29 is 19.1 Å². The molecule has 0 aliphatic rings. The maximum atomic E-state index is 12.6. The normalized spacial score (nSPS) is 10.9. The first-order chi connectivity index (χ1) is 16.0. The summed E-state index contributed by atoms with van der Waals surface area (Å²) in [6.07, 6.45) is 3.51. The molecule has 166 valence electrons. The molecular formula is C28H25NO4. The molecule has 0 heterocycles. The van der Waals surface area contributed by atoms with Gasteiger partial charge in [0.15, 0.2) is 5.78 Å². The van der Waals surface area contributed by atoms with E-state index in [0.717, 1.165) is 18.6 Å². The van der Waals surface area contributed by atoms with Crippen LogP contribution in [0.3, 0.4) is 0 Å². The number of rotatable bonds is 9. The molecule has 0 bridgehead atoms. The fourth-order valence-electron chi connectivity index (χ4n) is 3.11. The van der Waals surface area contributed by atoms with Gasteiger partial charge in [0.25, 0.3) is 0 Å². The second-order valence-corrected chi connectivity index (χ2v) is 7.51. The molecule has 0 radical (unpaired) electrons. The number of nitriles is 1. The average molecular weight is 440 g/mol. The van der Waals surface area contributed by atoms with Crippen LogP contribution >= 0.6 is 0 Å². The Morgan fingerprint density at radius 1 is 0.970 bits per heavy atom. The van der Waals surface area contributed by atoms with Crippen molar-refractivity contribution in [3.63, 3.8) is 0 Å². The molecule has 5 nitrogen and oxygen atoms in total. The number of carbonyl (C=O) groups is 2. The van der Waals surface area contributed by atoms with Gasteiger partial charge < -0.3 is 9.47 Å². The summed E-state index contributed by atoms with van der Waals surface area (Å²) in [5, 5.41) is 9.46. The van der Waals surface area contributed by atoms with Crippen LogP contribution in [0.5, 0.6) is 11.5 Å². The Balaban J connectivity index is 1.70. The molecule has 0 N–H and O–H groups in total. The number of aryl methyl sites for hydroxylation is 1. The van der Waals surface area contributed by atoms with Crippen LogP contribution in [0.15, 0.2) is 78.4 Å². The minimum atomic E-state index is -0.758. The first-order valence-corrected chi connectivity index (χ1v) is 10.8. The molecule has 0 atom stereocenters. The van der Waals surface area contributed by atoms with Crippen molar-refractivity contribution in [1.29, 1.82) is 5.26 Å². The fourth-order valence-corrected chi connectivity index (χ4v) is 3.11. The summed E-state index contributed by atoms with van der Waals surface area (Å²) >= 11 is 0. The number of benzene rings is 3. The van der Waals surface area contributed by atoms with Gasteiger partial charge in [-0.25, -0.2) is 4.79 Å². The van der Waals surface area contributed by atoms with Crippen LogP contribution in [0.25, 0.3) is 6.08 Å². The first-order valence-electron chi connectivity index (χ1n) is 10.8. The van der Waals surface area contributed by atoms with Crippen LogP contribution < -0.4 is 9.47 Å². The molecule has 0 unspecified atom stereocenters. The summed E-state index contributed by atoms with van der Waals surface area (Å²) < 4.78 is 11.1. The number of hydrogen-bond acceptors (Lipinski definition) is 5. The minimum absolute atomic E-state index is 0.115. The Morgan fingerprint density at radius 2 is 1.70 bits per heavy atom. The molecule has 0 aromatic heterocycles. The monoisotopic (exact) mass is 439 g/mol. The summed E-state index contributed by atoms with van der Waals surface area (Å²) in [5.41, 5.74) is 2.26. The molecule has 3 aromatic carbocycles. The van der Waals surface area contributed by atoms with E-state index in [1.165, 1.54) is 6.08 Å². The zero-order valence-electron chi connectivity index (χ0n) is 18.7. The lowest BCUT2D eigenvalue weighted by molar-refractivity contribution is -0.129. The molecule has 0 fully saturated rings. The zero-order chi connectivity index (χ0) is 23.6. The summed E-state index contributed by atoms with van der Waals surface area (Å²) in [4.78, 5) is 25.2. The van der Waals surface area contributed by atoms with E-state index in [9.17, 15) is 14.9 Å². The van der Waals surface area contributed by atoms with Gasteiger partial charge in [0, 0.05) is 11.1 Å². The van der Waals surface area contributed by atoms with E-state index in [2.05, 4.69) is 6.92 Å². The van der Waals surface area contributed by atoms with E-state index in [1.54, 1.807) is 73.7 Å². The van der Waals surface area contributed by atoms with Crippen LogP contribution in [0.1, 0.15) is 46.8 Å². The molecule has 0 aliphatic heterocycles. The third-order valence-corrected chi connectivity index (χ3v) is 4.97. The summed E-state index contributed by atoms with van der Waals surface area (Å²) in [5.74, 6) is 0.162. The highest BCUT2D eigenvalue weighted by Crippen LogP contribution is 2.23. The number of hydrogen-bond donors (Lipinski definition) is 0. The van der Waals surface area contributed by atoms with Crippen LogP contribution in [0, 0.1) is 18.3 Å². The van der Waals surface area contributed by atoms with Gasteiger partial charge in [0.2, 0.25) is 0 Å². The summed E-state index contributed by atoms with van der Waals surface area (Å²) in [7, 11) is 0. The van der Waals surface area contributed by atoms with Gasteiger partial charge in [0.1, 0.15) is 23.1 Å². The van der Waals surface area contributed by atoms with E-state index >= 15 is 0 Å². The molecule has 0 saturated carbocycles. The van der Waals surface area contributed by atoms with Crippen molar-refractivity contribution in [2.75, 3.05) is 6.61 Å². The van der Waals surface area contributed by atoms with Gasteiger partial charge in [-0.2, -0.15) is 5.26 Å². The van der Waals surface area contributed by atoms with Crippen LogP contribution in [-0.2, 0) is 4.79 Å². The molecule has 5 heteroatoms. The number of carbonyl (C=O) groups excluding carboxylic acids is 2. The third kappa shape index (κ3) is 6.41. The Labute approximate surface area is 193 Å². The maximum Gasteiger partial charge on any atom is 0.354 e. The standard InChI is InChI=1S/C28H25NO4/c1-3-4-16-32-25-13-10-21(11-14-25)18-24(19-29)28(31)33-26-15-12-23(17-20(26)2)27(30)22-8-6-5-7-9-22/h5-15,17-18H,3-4,16H2,1-2H3. The zero-order valence-corrected chi connectivity index (χ0v) is 18.7. The van der Waals surface area contributed by atoms with Crippen LogP contribution in [0.2, 0.25) is 0 Å². The minimum Gasteiger partial charge on any atom is -0.494 e. The highest BCUT2D eigenvalue weighted by atomic mass is 16.5. The van der Waals surface area contributed by atoms with E-state index in [1.807, 2.05) is 12.1 Å². The van der Waals surface area contributed by atoms with Crippen molar-refractivity contribution in [2.24, 2.45) is 0 Å². The highest BCUT2D eigenvalue weighted by Gasteiger charge is 2.16. The molecule has 3 rings (SSSR count). The number of ether oxygens (including phenoxy) is 2. The van der Waals surface area contributed by atoms with Crippen molar-refractivity contribution in [2.45, 2.75) is 26.7 Å². The van der Waals surface area contributed by atoms with Gasteiger partial charge in [-0.15, -0.1) is 0 Å². The van der Waals surface area contributed by atoms with E-state index in [-0.39, 0.29) is 11.4 Å². The van der Waals surface area contributed by atoms with E-state index < -0.39 is 5.97 Å². The van der Waals surface area contributed by atoms with Crippen molar-refractivity contribution in [3.8, 4) is 17.6 Å². The van der Waals surface area contributed by atoms with Crippen molar-refractivity contribution >= 4 is 17.8 Å². The lowest BCUT2D eigenvalue weighted by Gasteiger charge is -2.09. The Hall–Kier alpha value is -4.17. The predicted molar refractivity (Wildman–Crippen MR) is 127 cm³/mol. The van der Waals surface area contributed by atoms with E-state index in [4.69, 9.17) is 9.47 Å². The largest absolute Gasteiger partial charge is 0.494 e. The first kappa shape index (κ1) is 23.5. The number of nitrogens with zero attached hydrogens (tertiary/aromatic N) is 1. The fraction of sp³-hybridized carbons (Fsp3) is 0.179. The lowest BCUT2D eigenvalue weighted by Crippen LogP contribution is -2.11. The van der Waals surface area contributed by atoms with Crippen LogP contribution in [-0.4, -0.2) is 18.4 Å². The van der Waals surface area contributed by atoms with Gasteiger partial charge in [-0.05, 0) is 60.9 Å². The van der Waals surface area contributed by atoms with Gasteiger partial charge in [-0.1, -0.05) is 55.8 Å². The van der Waals surface area contributed by atoms with Crippen molar-refractivity contribution in [1.82, 2.24) is 0 Å². The molecule has 0 saturated heterocycles.